The van der Waals surface area contributed by atoms with Crippen molar-refractivity contribution in [1.29, 1.82) is 0 Å². The number of hydrogen-bond acceptors (Lipinski definition) is 4. The lowest BCUT2D eigenvalue weighted by Crippen LogP contribution is -2.57. The normalized spacial score (nSPS) is 29.3. The van der Waals surface area contributed by atoms with Gasteiger partial charge in [0.15, 0.2) is 0 Å². The lowest BCUT2D eigenvalue weighted by Gasteiger charge is -2.41. The van der Waals surface area contributed by atoms with E-state index in [1.807, 2.05) is 13.0 Å². The first-order valence-electron chi connectivity index (χ1n) is 7.92. The number of aromatic hydroxyl groups is 1. The van der Waals surface area contributed by atoms with Gasteiger partial charge in [-0.2, -0.15) is 0 Å². The van der Waals surface area contributed by atoms with E-state index in [2.05, 4.69) is 13.8 Å². The van der Waals surface area contributed by atoms with Crippen LogP contribution < -0.4 is 4.43 Å². The molecule has 5 heteroatoms. The van der Waals surface area contributed by atoms with Gasteiger partial charge in [-0.25, -0.2) is 0 Å². The fourth-order valence-corrected chi connectivity index (χ4v) is 5.12. The lowest BCUT2D eigenvalue weighted by molar-refractivity contribution is -0.0405. The maximum absolute atomic E-state index is 9.57. The highest BCUT2D eigenvalue weighted by atomic mass is 28.4. The highest BCUT2D eigenvalue weighted by Crippen LogP contribution is 2.33. The van der Waals surface area contributed by atoms with Gasteiger partial charge in [-0.15, -0.1) is 0 Å². The van der Waals surface area contributed by atoms with Gasteiger partial charge in [-0.3, -0.25) is 0 Å². The van der Waals surface area contributed by atoms with E-state index < -0.39 is 8.80 Å². The first-order valence-corrected chi connectivity index (χ1v) is 9.85. The summed E-state index contributed by atoms with van der Waals surface area (Å²) in [4.78, 5) is 0. The molecule has 0 aliphatic carbocycles. The minimum atomic E-state index is -2.69. The molecule has 3 atom stereocenters. The molecule has 1 aromatic carbocycles. The van der Waals surface area contributed by atoms with Gasteiger partial charge in [0.1, 0.15) is 11.5 Å². The van der Waals surface area contributed by atoms with Crippen molar-refractivity contribution in [3.8, 4) is 11.5 Å². The van der Waals surface area contributed by atoms with Crippen molar-refractivity contribution in [2.24, 2.45) is 5.92 Å². The summed E-state index contributed by atoms with van der Waals surface area (Å²) >= 11 is 0. The van der Waals surface area contributed by atoms with Crippen molar-refractivity contribution >= 4 is 8.80 Å². The molecule has 0 aromatic heterocycles. The van der Waals surface area contributed by atoms with E-state index in [4.69, 9.17) is 13.3 Å². The summed E-state index contributed by atoms with van der Waals surface area (Å²) < 4.78 is 18.5. The molecule has 4 nitrogen and oxygen atoms in total. The highest BCUT2D eigenvalue weighted by Gasteiger charge is 2.49. The Bertz CT molecular complexity index is 454. The van der Waals surface area contributed by atoms with Crippen LogP contribution in [0.4, 0.5) is 0 Å². The third-order valence-corrected chi connectivity index (χ3v) is 6.68. The molecule has 1 N–H and O–H groups in total. The average molecular weight is 310 g/mol. The molecule has 21 heavy (non-hydrogen) atoms. The Balaban J connectivity index is 2.13. The minimum Gasteiger partial charge on any atom is -0.508 e. The van der Waals surface area contributed by atoms with Gasteiger partial charge in [0.25, 0.3) is 0 Å². The smallest absolute Gasteiger partial charge is 0.508 e. The van der Waals surface area contributed by atoms with E-state index in [9.17, 15) is 5.11 Å². The summed E-state index contributed by atoms with van der Waals surface area (Å²) in [5.74, 6) is 1.26. The van der Waals surface area contributed by atoms with Gasteiger partial charge in [-0.05, 0) is 25.0 Å². The third kappa shape index (κ3) is 3.99. The Labute approximate surface area is 128 Å². The molecule has 118 valence electrons. The number of phenols is 1. The molecule has 0 radical (unpaired) electrons. The standard InChI is InChI=1S/C16H26O4Si/c1-4-8-16-13(5-2)12-18-21(6-3,20-16)19-15-10-7-9-14(17)11-15/h7,9-11,13,16-17H,4-6,8,12H2,1-3H3/t13-,16+,21?/m1/s1. The molecule has 1 unspecified atom stereocenters. The van der Waals surface area contributed by atoms with Crippen molar-refractivity contribution in [3.63, 3.8) is 0 Å². The van der Waals surface area contributed by atoms with Gasteiger partial charge in [-0.1, -0.05) is 33.3 Å². The number of hydrogen-bond donors (Lipinski definition) is 1. The molecule has 0 amide bonds. The molecule has 1 aliphatic rings. The Morgan fingerprint density at radius 2 is 2.14 bits per heavy atom. The lowest BCUT2D eigenvalue weighted by atomic mass is 9.97. The zero-order valence-corrected chi connectivity index (χ0v) is 14.2. The number of phenolic OH excluding ortho intramolecular Hbond substituents is 1. The molecule has 1 saturated heterocycles. The van der Waals surface area contributed by atoms with E-state index in [0.29, 0.717) is 18.3 Å². The maximum atomic E-state index is 9.57. The fraction of sp³-hybridized carbons (Fsp3) is 0.625. The summed E-state index contributed by atoms with van der Waals surface area (Å²) in [7, 11) is -2.69. The summed E-state index contributed by atoms with van der Waals surface area (Å²) in [6.45, 7) is 7.11. The van der Waals surface area contributed by atoms with E-state index in [1.165, 1.54) is 0 Å². The van der Waals surface area contributed by atoms with Crippen molar-refractivity contribution in [3.05, 3.63) is 24.3 Å². The second-order valence-corrected chi connectivity index (χ2v) is 8.36. The Morgan fingerprint density at radius 1 is 1.33 bits per heavy atom. The summed E-state index contributed by atoms with van der Waals surface area (Å²) in [6, 6.07) is 7.57. The zero-order chi connectivity index (χ0) is 15.3. The molecule has 2 rings (SSSR count). The summed E-state index contributed by atoms with van der Waals surface area (Å²) in [5.41, 5.74) is 0. The zero-order valence-electron chi connectivity index (χ0n) is 13.2. The SMILES string of the molecule is CCC[C@@H]1O[Si](CC)(Oc2cccc(O)c2)OC[C@H]1CC. The Kier molecular flexibility index (Phi) is 5.67. The molecule has 1 aliphatic heterocycles. The van der Waals surface area contributed by atoms with E-state index in [1.54, 1.807) is 18.2 Å². The van der Waals surface area contributed by atoms with Crippen LogP contribution in [0.25, 0.3) is 0 Å². The topological polar surface area (TPSA) is 47.9 Å². The van der Waals surface area contributed by atoms with Crippen LogP contribution in [0.1, 0.15) is 40.0 Å². The third-order valence-electron chi connectivity index (χ3n) is 4.00. The van der Waals surface area contributed by atoms with Crippen molar-refractivity contribution in [2.75, 3.05) is 6.61 Å². The van der Waals surface area contributed by atoms with Gasteiger partial charge >= 0.3 is 8.80 Å². The second-order valence-electron chi connectivity index (χ2n) is 5.56. The molecular formula is C16H26O4Si. The predicted octanol–water partition coefficient (Wildman–Crippen LogP) is 3.97. The van der Waals surface area contributed by atoms with Crippen LogP contribution >= 0.6 is 0 Å². The molecule has 1 heterocycles. The van der Waals surface area contributed by atoms with Crippen LogP contribution in [0.3, 0.4) is 0 Å². The minimum absolute atomic E-state index is 0.195. The Hall–Kier alpha value is -1.04. The largest absolute Gasteiger partial charge is 0.566 e. The van der Waals surface area contributed by atoms with Crippen molar-refractivity contribution in [2.45, 2.75) is 52.2 Å². The average Bonchev–Trinajstić information content (AvgIpc) is 2.48. The Morgan fingerprint density at radius 3 is 2.76 bits per heavy atom. The van der Waals surface area contributed by atoms with Gasteiger partial charge in [0, 0.05) is 24.6 Å². The number of rotatable bonds is 6. The van der Waals surface area contributed by atoms with Gasteiger partial charge < -0.3 is 18.4 Å². The fourth-order valence-electron chi connectivity index (χ4n) is 2.70. The first kappa shape index (κ1) is 16.3. The number of benzene rings is 1. The molecule has 0 saturated carbocycles. The van der Waals surface area contributed by atoms with Crippen molar-refractivity contribution in [1.82, 2.24) is 0 Å². The van der Waals surface area contributed by atoms with Gasteiger partial charge in [0.05, 0.1) is 6.10 Å². The molecule has 0 bridgehead atoms. The molecular weight excluding hydrogens is 284 g/mol. The van der Waals surface area contributed by atoms with Crippen LogP contribution in [0.2, 0.25) is 6.04 Å². The van der Waals surface area contributed by atoms with E-state index in [-0.39, 0.29) is 11.9 Å². The van der Waals surface area contributed by atoms with Crippen LogP contribution in [0.15, 0.2) is 24.3 Å². The van der Waals surface area contributed by atoms with Gasteiger partial charge in [0.2, 0.25) is 0 Å². The van der Waals surface area contributed by atoms with E-state index in [0.717, 1.165) is 25.3 Å². The summed E-state index contributed by atoms with van der Waals surface area (Å²) in [5, 5.41) is 9.57. The van der Waals surface area contributed by atoms with Crippen LogP contribution in [-0.2, 0) is 8.85 Å². The molecule has 1 fully saturated rings. The second kappa shape index (κ2) is 7.29. The van der Waals surface area contributed by atoms with Crippen molar-refractivity contribution < 1.29 is 18.4 Å². The van der Waals surface area contributed by atoms with Crippen LogP contribution in [0.5, 0.6) is 11.5 Å². The quantitative estimate of drug-likeness (QED) is 0.808. The highest BCUT2D eigenvalue weighted by molar-refractivity contribution is 6.61. The summed E-state index contributed by atoms with van der Waals surface area (Å²) in [6.07, 6.45) is 3.42. The maximum Gasteiger partial charge on any atom is 0.566 e. The molecule has 0 spiro atoms. The van der Waals surface area contributed by atoms with Crippen LogP contribution in [-0.4, -0.2) is 26.6 Å². The predicted molar refractivity (Wildman–Crippen MR) is 84.5 cm³/mol. The monoisotopic (exact) mass is 310 g/mol. The molecule has 1 aromatic rings. The van der Waals surface area contributed by atoms with Crippen LogP contribution in [0, 0.1) is 5.92 Å². The van der Waals surface area contributed by atoms with E-state index >= 15 is 0 Å². The first-order chi connectivity index (χ1) is 10.1.